The first kappa shape index (κ1) is 13.6. The number of carbonyl (C=O) groups is 1. The maximum atomic E-state index is 12.3. The maximum Gasteiger partial charge on any atom is 0.241 e. The molecule has 2 rings (SSSR count). The minimum Gasteiger partial charge on any atom is -0.318 e. The van der Waals surface area contributed by atoms with Crippen molar-refractivity contribution < 1.29 is 4.79 Å². The van der Waals surface area contributed by atoms with Gasteiger partial charge in [0.2, 0.25) is 5.91 Å². The van der Waals surface area contributed by atoms with Gasteiger partial charge in [-0.25, -0.2) is 0 Å². The summed E-state index contributed by atoms with van der Waals surface area (Å²) in [5.74, 6) is 0.828. The summed E-state index contributed by atoms with van der Waals surface area (Å²) in [6, 6.07) is 4.34. The Kier molecular flexibility index (Phi) is 4.07. The molecule has 1 N–H and O–H groups in total. The van der Waals surface area contributed by atoms with Gasteiger partial charge in [-0.05, 0) is 37.6 Å². The fourth-order valence-corrected chi connectivity index (χ4v) is 3.45. The average molecular weight is 266 g/mol. The number of hydrogen-bond donors (Lipinski definition) is 1. The third-order valence-electron chi connectivity index (χ3n) is 3.41. The standard InChI is InChI=1S/C14H22N2OS/c1-9(2)8-10(3)16-13(12-6-5-7-18-12)15-11(4)14(16)17/h5-7,9-11,13,15H,8H2,1-4H3. The van der Waals surface area contributed by atoms with Crippen LogP contribution in [-0.2, 0) is 4.79 Å². The number of nitrogens with zero attached hydrogens (tertiary/aromatic N) is 1. The first-order valence-corrected chi connectivity index (χ1v) is 7.50. The highest BCUT2D eigenvalue weighted by Crippen LogP contribution is 2.31. The molecule has 1 aromatic rings. The Morgan fingerprint density at radius 2 is 2.17 bits per heavy atom. The smallest absolute Gasteiger partial charge is 0.241 e. The van der Waals surface area contributed by atoms with Crippen LogP contribution in [0, 0.1) is 5.92 Å². The first-order valence-electron chi connectivity index (χ1n) is 6.62. The van der Waals surface area contributed by atoms with Gasteiger partial charge in [0.05, 0.1) is 6.04 Å². The molecule has 18 heavy (non-hydrogen) atoms. The van der Waals surface area contributed by atoms with Gasteiger partial charge in [-0.15, -0.1) is 11.3 Å². The van der Waals surface area contributed by atoms with Gasteiger partial charge in [0, 0.05) is 10.9 Å². The molecule has 2 heterocycles. The van der Waals surface area contributed by atoms with E-state index in [1.807, 2.05) is 17.9 Å². The zero-order valence-electron chi connectivity index (χ0n) is 11.5. The lowest BCUT2D eigenvalue weighted by Crippen LogP contribution is -2.38. The summed E-state index contributed by atoms with van der Waals surface area (Å²) in [6.07, 6.45) is 1.10. The molecule has 3 nitrogen and oxygen atoms in total. The lowest BCUT2D eigenvalue weighted by atomic mass is 10.0. The van der Waals surface area contributed by atoms with Crippen LogP contribution < -0.4 is 5.32 Å². The van der Waals surface area contributed by atoms with Gasteiger partial charge < -0.3 is 4.90 Å². The monoisotopic (exact) mass is 266 g/mol. The lowest BCUT2D eigenvalue weighted by Gasteiger charge is -2.31. The molecule has 100 valence electrons. The normalized spacial score (nSPS) is 26.1. The molecule has 1 aromatic heterocycles. The van der Waals surface area contributed by atoms with Gasteiger partial charge in [-0.1, -0.05) is 19.9 Å². The molecule has 0 spiro atoms. The Balaban J connectivity index is 2.20. The van der Waals surface area contributed by atoms with Crippen molar-refractivity contribution in [1.29, 1.82) is 0 Å². The van der Waals surface area contributed by atoms with Crippen LogP contribution in [0.5, 0.6) is 0 Å². The quantitative estimate of drug-likeness (QED) is 0.908. The zero-order chi connectivity index (χ0) is 13.3. The van der Waals surface area contributed by atoms with Crippen molar-refractivity contribution in [3.63, 3.8) is 0 Å². The van der Waals surface area contributed by atoms with Gasteiger partial charge in [-0.2, -0.15) is 0 Å². The number of rotatable bonds is 4. The average Bonchev–Trinajstić information content (AvgIpc) is 2.87. The van der Waals surface area contributed by atoms with Crippen LogP contribution in [0.2, 0.25) is 0 Å². The highest BCUT2D eigenvalue weighted by molar-refractivity contribution is 7.10. The molecule has 0 aromatic carbocycles. The van der Waals surface area contributed by atoms with Gasteiger partial charge in [0.25, 0.3) is 0 Å². The summed E-state index contributed by atoms with van der Waals surface area (Å²) in [6.45, 7) is 8.51. The topological polar surface area (TPSA) is 32.3 Å². The molecule has 1 saturated heterocycles. The van der Waals surface area contributed by atoms with Crippen LogP contribution in [0.1, 0.15) is 45.2 Å². The highest BCUT2D eigenvalue weighted by Gasteiger charge is 2.40. The number of nitrogens with one attached hydrogen (secondary N) is 1. The van der Waals surface area contributed by atoms with Gasteiger partial charge in [0.15, 0.2) is 0 Å². The Bertz CT molecular complexity index is 402. The molecular formula is C14H22N2OS. The minimum absolute atomic E-state index is 0.0567. The second-order valence-electron chi connectivity index (χ2n) is 5.53. The molecule has 1 aliphatic heterocycles. The summed E-state index contributed by atoms with van der Waals surface area (Å²) < 4.78 is 0. The van der Waals surface area contributed by atoms with Crippen molar-refractivity contribution >= 4 is 17.2 Å². The SMILES string of the molecule is CC(C)CC(C)N1C(=O)C(C)NC1c1cccs1. The number of thiophene rings is 1. The Morgan fingerprint density at radius 1 is 1.44 bits per heavy atom. The van der Waals surface area contributed by atoms with Crippen molar-refractivity contribution in [2.24, 2.45) is 5.92 Å². The van der Waals surface area contributed by atoms with Crippen LogP contribution in [0.3, 0.4) is 0 Å². The number of hydrogen-bond acceptors (Lipinski definition) is 3. The van der Waals surface area contributed by atoms with Crippen molar-refractivity contribution in [1.82, 2.24) is 10.2 Å². The number of carbonyl (C=O) groups excluding carboxylic acids is 1. The molecule has 3 unspecified atom stereocenters. The summed E-state index contributed by atoms with van der Waals surface area (Å²) in [7, 11) is 0. The van der Waals surface area contributed by atoms with E-state index in [0.717, 1.165) is 6.42 Å². The minimum atomic E-state index is -0.0771. The van der Waals surface area contributed by atoms with E-state index in [4.69, 9.17) is 0 Å². The second-order valence-corrected chi connectivity index (χ2v) is 6.51. The maximum absolute atomic E-state index is 12.3. The Hall–Kier alpha value is -0.870. The summed E-state index contributed by atoms with van der Waals surface area (Å²) in [4.78, 5) is 15.6. The molecule has 1 aliphatic rings. The van der Waals surface area contributed by atoms with Crippen molar-refractivity contribution in [2.75, 3.05) is 0 Å². The van der Waals surface area contributed by atoms with E-state index in [-0.39, 0.29) is 24.2 Å². The van der Waals surface area contributed by atoms with Crippen molar-refractivity contribution in [2.45, 2.75) is 52.4 Å². The molecule has 0 radical (unpaired) electrons. The van der Waals surface area contributed by atoms with Crippen molar-refractivity contribution in [3.05, 3.63) is 22.4 Å². The van der Waals surface area contributed by atoms with Crippen molar-refractivity contribution in [3.8, 4) is 0 Å². The second kappa shape index (κ2) is 5.41. The van der Waals surface area contributed by atoms with E-state index in [1.165, 1.54) is 4.88 Å². The van der Waals surface area contributed by atoms with E-state index in [0.29, 0.717) is 5.92 Å². The summed E-state index contributed by atoms with van der Waals surface area (Å²) in [5, 5.41) is 5.46. The van der Waals surface area contributed by atoms with E-state index >= 15 is 0 Å². The molecule has 1 amide bonds. The molecule has 3 atom stereocenters. The largest absolute Gasteiger partial charge is 0.318 e. The fraction of sp³-hybridized carbons (Fsp3) is 0.643. The first-order chi connectivity index (χ1) is 8.50. The van der Waals surface area contributed by atoms with E-state index in [1.54, 1.807) is 11.3 Å². The van der Waals surface area contributed by atoms with E-state index in [2.05, 4.69) is 37.5 Å². The molecule has 0 aliphatic carbocycles. The van der Waals surface area contributed by atoms with Crippen LogP contribution in [-0.4, -0.2) is 22.9 Å². The van der Waals surface area contributed by atoms with Crippen LogP contribution in [0.25, 0.3) is 0 Å². The highest BCUT2D eigenvalue weighted by atomic mass is 32.1. The van der Waals surface area contributed by atoms with Crippen LogP contribution in [0.15, 0.2) is 17.5 Å². The molecule has 0 bridgehead atoms. The summed E-state index contributed by atoms with van der Waals surface area (Å²) >= 11 is 1.71. The van der Waals surface area contributed by atoms with Gasteiger partial charge in [-0.3, -0.25) is 10.1 Å². The Labute approximate surface area is 113 Å². The molecular weight excluding hydrogens is 244 g/mol. The zero-order valence-corrected chi connectivity index (χ0v) is 12.3. The molecule has 1 fully saturated rings. The van der Waals surface area contributed by atoms with Crippen LogP contribution in [0.4, 0.5) is 0 Å². The van der Waals surface area contributed by atoms with E-state index < -0.39 is 0 Å². The third-order valence-corrected chi connectivity index (χ3v) is 4.34. The Morgan fingerprint density at radius 3 is 2.72 bits per heavy atom. The fourth-order valence-electron chi connectivity index (χ4n) is 2.67. The van der Waals surface area contributed by atoms with Crippen LogP contribution >= 0.6 is 11.3 Å². The van der Waals surface area contributed by atoms with E-state index in [9.17, 15) is 4.79 Å². The predicted molar refractivity (Wildman–Crippen MR) is 75.4 cm³/mol. The predicted octanol–water partition coefficient (Wildman–Crippen LogP) is 3.00. The molecule has 4 heteroatoms. The number of amides is 1. The van der Waals surface area contributed by atoms with Gasteiger partial charge in [0.1, 0.15) is 6.17 Å². The van der Waals surface area contributed by atoms with Gasteiger partial charge >= 0.3 is 0 Å². The molecule has 0 saturated carbocycles. The summed E-state index contributed by atoms with van der Waals surface area (Å²) in [5.41, 5.74) is 0. The lowest BCUT2D eigenvalue weighted by molar-refractivity contribution is -0.132. The third kappa shape index (κ3) is 2.59.